The molecule has 1 aromatic carbocycles. The topological polar surface area (TPSA) is 70.7 Å². The SMILES string of the molecule is NC(=O)N/N=C/c1ccc(N2CCCC2)cc1. The maximum Gasteiger partial charge on any atom is 0.332 e. The Bertz CT molecular complexity index is 407. The number of hydrazone groups is 1. The number of nitrogens with two attached hydrogens (primary N) is 1. The maximum atomic E-state index is 10.4. The van der Waals surface area contributed by atoms with Gasteiger partial charge in [0.25, 0.3) is 0 Å². The zero-order chi connectivity index (χ0) is 12.1. The number of nitrogens with one attached hydrogen (secondary N) is 1. The highest BCUT2D eigenvalue weighted by molar-refractivity contribution is 5.82. The number of hydrogen-bond donors (Lipinski definition) is 2. The summed E-state index contributed by atoms with van der Waals surface area (Å²) >= 11 is 0. The second-order valence-corrected chi connectivity index (χ2v) is 4.02. The molecule has 0 radical (unpaired) electrons. The van der Waals surface area contributed by atoms with Crippen LogP contribution in [0.3, 0.4) is 0 Å². The highest BCUT2D eigenvalue weighted by atomic mass is 16.2. The maximum absolute atomic E-state index is 10.4. The van der Waals surface area contributed by atoms with Crippen molar-refractivity contribution in [3.05, 3.63) is 29.8 Å². The van der Waals surface area contributed by atoms with Gasteiger partial charge in [-0.15, -0.1) is 0 Å². The first-order valence-corrected chi connectivity index (χ1v) is 5.69. The lowest BCUT2D eigenvalue weighted by Gasteiger charge is -2.17. The van der Waals surface area contributed by atoms with Crippen molar-refractivity contribution in [2.45, 2.75) is 12.8 Å². The molecule has 0 saturated carbocycles. The first-order chi connectivity index (χ1) is 8.25. The number of carbonyl (C=O) groups excluding carboxylic acids is 1. The zero-order valence-electron chi connectivity index (χ0n) is 9.60. The minimum absolute atomic E-state index is 0.657. The van der Waals surface area contributed by atoms with Crippen molar-refractivity contribution < 1.29 is 4.79 Å². The first-order valence-electron chi connectivity index (χ1n) is 5.69. The largest absolute Gasteiger partial charge is 0.372 e. The molecule has 0 atom stereocenters. The Kier molecular flexibility index (Phi) is 3.59. The van der Waals surface area contributed by atoms with Crippen molar-refractivity contribution in [3.8, 4) is 0 Å². The van der Waals surface area contributed by atoms with Gasteiger partial charge < -0.3 is 10.6 Å². The van der Waals surface area contributed by atoms with E-state index in [1.165, 1.54) is 18.5 Å². The summed E-state index contributed by atoms with van der Waals surface area (Å²) < 4.78 is 0. The minimum Gasteiger partial charge on any atom is -0.372 e. The summed E-state index contributed by atoms with van der Waals surface area (Å²) in [7, 11) is 0. The molecule has 2 amide bonds. The van der Waals surface area contributed by atoms with Gasteiger partial charge in [0.1, 0.15) is 0 Å². The van der Waals surface area contributed by atoms with Gasteiger partial charge in [0.15, 0.2) is 0 Å². The fraction of sp³-hybridized carbons (Fsp3) is 0.333. The second kappa shape index (κ2) is 5.34. The molecular formula is C12H16N4O. The predicted molar refractivity (Wildman–Crippen MR) is 68.2 cm³/mol. The second-order valence-electron chi connectivity index (χ2n) is 4.02. The summed E-state index contributed by atoms with van der Waals surface area (Å²) in [6, 6.07) is 7.42. The van der Waals surface area contributed by atoms with Crippen molar-refractivity contribution in [1.29, 1.82) is 0 Å². The Morgan fingerprint density at radius 3 is 2.53 bits per heavy atom. The molecule has 2 rings (SSSR count). The van der Waals surface area contributed by atoms with Gasteiger partial charge in [-0.1, -0.05) is 12.1 Å². The quantitative estimate of drug-likeness (QED) is 0.609. The molecule has 1 fully saturated rings. The van der Waals surface area contributed by atoms with Gasteiger partial charge in [-0.05, 0) is 30.5 Å². The number of carbonyl (C=O) groups is 1. The van der Waals surface area contributed by atoms with E-state index in [2.05, 4.69) is 27.6 Å². The van der Waals surface area contributed by atoms with Crippen LogP contribution >= 0.6 is 0 Å². The third-order valence-corrected chi connectivity index (χ3v) is 2.75. The van der Waals surface area contributed by atoms with Crippen LogP contribution in [0.4, 0.5) is 10.5 Å². The van der Waals surface area contributed by atoms with E-state index in [4.69, 9.17) is 5.73 Å². The zero-order valence-corrected chi connectivity index (χ0v) is 9.60. The Labute approximate surface area is 100 Å². The van der Waals surface area contributed by atoms with Crippen LogP contribution in [0.5, 0.6) is 0 Å². The van der Waals surface area contributed by atoms with E-state index < -0.39 is 6.03 Å². The molecule has 1 aliphatic rings. The van der Waals surface area contributed by atoms with E-state index in [-0.39, 0.29) is 0 Å². The molecule has 0 unspecified atom stereocenters. The molecule has 1 heterocycles. The number of anilines is 1. The van der Waals surface area contributed by atoms with Crippen molar-refractivity contribution in [2.75, 3.05) is 18.0 Å². The smallest absolute Gasteiger partial charge is 0.332 e. The van der Waals surface area contributed by atoms with Crippen molar-refractivity contribution in [2.24, 2.45) is 10.8 Å². The molecule has 5 heteroatoms. The number of hydrogen-bond acceptors (Lipinski definition) is 3. The monoisotopic (exact) mass is 232 g/mol. The van der Waals surface area contributed by atoms with E-state index >= 15 is 0 Å². The van der Waals surface area contributed by atoms with Gasteiger partial charge in [0.2, 0.25) is 0 Å². The Balaban J connectivity index is 1.97. The van der Waals surface area contributed by atoms with Gasteiger partial charge >= 0.3 is 6.03 Å². The first kappa shape index (κ1) is 11.4. The summed E-state index contributed by atoms with van der Waals surface area (Å²) in [6.45, 7) is 2.27. The molecule has 0 spiro atoms. The van der Waals surface area contributed by atoms with E-state index in [0.29, 0.717) is 0 Å². The van der Waals surface area contributed by atoms with Gasteiger partial charge in [0, 0.05) is 18.8 Å². The molecule has 3 N–H and O–H groups in total. The number of nitrogens with zero attached hydrogens (tertiary/aromatic N) is 2. The molecule has 0 bridgehead atoms. The molecule has 0 aliphatic carbocycles. The van der Waals surface area contributed by atoms with E-state index in [1.807, 2.05) is 12.1 Å². The number of rotatable bonds is 3. The number of amides is 2. The molecule has 1 aliphatic heterocycles. The van der Waals surface area contributed by atoms with Crippen LogP contribution in [0.2, 0.25) is 0 Å². The molecule has 1 aromatic rings. The van der Waals surface area contributed by atoms with Crippen LogP contribution in [0, 0.1) is 0 Å². The number of benzene rings is 1. The van der Waals surface area contributed by atoms with Crippen LogP contribution in [0.1, 0.15) is 18.4 Å². The lowest BCUT2D eigenvalue weighted by molar-refractivity contribution is 0.249. The summed E-state index contributed by atoms with van der Waals surface area (Å²) in [4.78, 5) is 12.8. The van der Waals surface area contributed by atoms with Gasteiger partial charge in [-0.2, -0.15) is 5.10 Å². The predicted octanol–water partition coefficient (Wildman–Crippen LogP) is 1.29. The number of urea groups is 1. The average Bonchev–Trinajstić information content (AvgIpc) is 2.83. The highest BCUT2D eigenvalue weighted by Gasteiger charge is 2.11. The number of primary amides is 1. The van der Waals surface area contributed by atoms with Crippen molar-refractivity contribution in [3.63, 3.8) is 0 Å². The molecule has 5 nitrogen and oxygen atoms in total. The molecule has 17 heavy (non-hydrogen) atoms. The third kappa shape index (κ3) is 3.21. The molecule has 1 saturated heterocycles. The molecular weight excluding hydrogens is 216 g/mol. The molecule has 90 valence electrons. The summed E-state index contributed by atoms with van der Waals surface area (Å²) in [5.74, 6) is 0. The summed E-state index contributed by atoms with van der Waals surface area (Å²) in [6.07, 6.45) is 4.11. The summed E-state index contributed by atoms with van der Waals surface area (Å²) in [5.41, 5.74) is 9.23. The fourth-order valence-corrected chi connectivity index (χ4v) is 1.92. The standard InChI is InChI=1S/C12H16N4O/c13-12(17)15-14-9-10-3-5-11(6-4-10)16-7-1-2-8-16/h3-6,9H,1-2,7-8H2,(H3,13,15,17)/b14-9+. The summed E-state index contributed by atoms with van der Waals surface area (Å²) in [5, 5.41) is 3.71. The van der Waals surface area contributed by atoms with Gasteiger partial charge in [0.05, 0.1) is 6.21 Å². The van der Waals surface area contributed by atoms with E-state index in [1.54, 1.807) is 6.21 Å². The Morgan fingerprint density at radius 2 is 1.94 bits per heavy atom. The minimum atomic E-state index is -0.657. The van der Waals surface area contributed by atoms with Crippen LogP contribution in [0.15, 0.2) is 29.4 Å². The van der Waals surface area contributed by atoms with Gasteiger partial charge in [-0.3, -0.25) is 0 Å². The molecule has 0 aromatic heterocycles. The Hall–Kier alpha value is -2.04. The lowest BCUT2D eigenvalue weighted by Crippen LogP contribution is -2.24. The van der Waals surface area contributed by atoms with Crippen LogP contribution in [-0.2, 0) is 0 Å². The third-order valence-electron chi connectivity index (χ3n) is 2.75. The van der Waals surface area contributed by atoms with Gasteiger partial charge in [-0.25, -0.2) is 10.2 Å². The van der Waals surface area contributed by atoms with Crippen LogP contribution < -0.4 is 16.1 Å². The van der Waals surface area contributed by atoms with Crippen LogP contribution in [0.25, 0.3) is 0 Å². The normalized spacial score (nSPS) is 15.4. The van der Waals surface area contributed by atoms with Crippen molar-refractivity contribution >= 4 is 17.9 Å². The highest BCUT2D eigenvalue weighted by Crippen LogP contribution is 2.19. The average molecular weight is 232 g/mol. The fourth-order valence-electron chi connectivity index (χ4n) is 1.92. The van der Waals surface area contributed by atoms with E-state index in [0.717, 1.165) is 18.7 Å². The van der Waals surface area contributed by atoms with E-state index in [9.17, 15) is 4.79 Å². The van der Waals surface area contributed by atoms with Crippen molar-refractivity contribution in [1.82, 2.24) is 5.43 Å². The van der Waals surface area contributed by atoms with Crippen LogP contribution in [-0.4, -0.2) is 25.3 Å². The Morgan fingerprint density at radius 1 is 1.29 bits per heavy atom. The lowest BCUT2D eigenvalue weighted by atomic mass is 10.2.